The third-order valence-electron chi connectivity index (χ3n) is 4.05. The van der Waals surface area contributed by atoms with E-state index in [-0.39, 0.29) is 5.82 Å². The molecule has 102 valence electrons. The predicted molar refractivity (Wildman–Crippen MR) is 74.4 cm³/mol. The number of piperidine rings is 1. The fourth-order valence-electron chi connectivity index (χ4n) is 2.68. The maximum Gasteiger partial charge on any atom is 0.124 e. The maximum absolute atomic E-state index is 13.1. The number of benzene rings is 1. The van der Waals surface area contributed by atoms with Crippen molar-refractivity contribution in [1.82, 2.24) is 4.90 Å². The van der Waals surface area contributed by atoms with Gasteiger partial charge in [0.05, 0.1) is 11.3 Å². The molecular formula is C15H20FN3. The number of halogens is 1. The normalized spacial score (nSPS) is 27.8. The molecule has 1 heterocycles. The third-order valence-corrected chi connectivity index (χ3v) is 4.05. The summed E-state index contributed by atoms with van der Waals surface area (Å²) in [6, 6.07) is 7.22. The molecule has 4 heteroatoms. The predicted octanol–water partition coefficient (Wildman–Crippen LogP) is 2.84. The summed E-state index contributed by atoms with van der Waals surface area (Å²) in [5, 5.41) is 12.5. The maximum atomic E-state index is 13.1. The van der Waals surface area contributed by atoms with E-state index in [0.717, 1.165) is 18.7 Å². The molecule has 0 aliphatic carbocycles. The highest BCUT2D eigenvalue weighted by Gasteiger charge is 2.29. The minimum atomic E-state index is -0.369. The van der Waals surface area contributed by atoms with Crippen molar-refractivity contribution in [1.29, 1.82) is 5.26 Å². The Morgan fingerprint density at radius 1 is 1.42 bits per heavy atom. The van der Waals surface area contributed by atoms with Gasteiger partial charge >= 0.3 is 0 Å². The van der Waals surface area contributed by atoms with E-state index >= 15 is 0 Å². The topological polar surface area (TPSA) is 39.1 Å². The number of hydrogen-bond acceptors (Lipinski definition) is 3. The number of likely N-dealkylation sites (tertiary alicyclic amines) is 1. The summed E-state index contributed by atoms with van der Waals surface area (Å²) < 4.78 is 13.1. The Bertz CT molecular complexity index is 495. The first kappa shape index (κ1) is 13.8. The second kappa shape index (κ2) is 5.58. The summed E-state index contributed by atoms with van der Waals surface area (Å²) in [5.41, 5.74) is 1.11. The van der Waals surface area contributed by atoms with E-state index in [9.17, 15) is 4.39 Å². The lowest BCUT2D eigenvalue weighted by Crippen LogP contribution is -2.48. The van der Waals surface area contributed by atoms with Gasteiger partial charge in [-0.15, -0.1) is 0 Å². The van der Waals surface area contributed by atoms with E-state index in [1.165, 1.54) is 12.1 Å². The Labute approximate surface area is 114 Å². The summed E-state index contributed by atoms with van der Waals surface area (Å²) in [6.45, 7) is 5.44. The molecule has 0 radical (unpaired) electrons. The molecule has 0 spiro atoms. The van der Waals surface area contributed by atoms with Gasteiger partial charge in [-0.1, -0.05) is 6.92 Å². The lowest BCUT2D eigenvalue weighted by molar-refractivity contribution is 0.145. The van der Waals surface area contributed by atoms with Crippen LogP contribution in [0.5, 0.6) is 0 Å². The van der Waals surface area contributed by atoms with Crippen molar-refractivity contribution in [3.05, 3.63) is 29.6 Å². The van der Waals surface area contributed by atoms with Crippen LogP contribution in [0.4, 0.5) is 10.1 Å². The van der Waals surface area contributed by atoms with Crippen LogP contribution < -0.4 is 5.32 Å². The van der Waals surface area contributed by atoms with Crippen LogP contribution in [0.25, 0.3) is 0 Å². The molecule has 0 amide bonds. The van der Waals surface area contributed by atoms with Crippen molar-refractivity contribution in [3.63, 3.8) is 0 Å². The van der Waals surface area contributed by atoms with Crippen LogP contribution >= 0.6 is 0 Å². The molecule has 1 N–H and O–H groups in total. The molecule has 3 nitrogen and oxygen atoms in total. The molecule has 1 saturated heterocycles. The molecule has 2 rings (SSSR count). The molecule has 19 heavy (non-hydrogen) atoms. The molecule has 1 aliphatic rings. The SMILES string of the molecule is CC1CN(C)C(C)CC1Nc1ccc(F)cc1C#N. The van der Waals surface area contributed by atoms with Gasteiger partial charge in [-0.25, -0.2) is 4.39 Å². The number of nitriles is 1. The monoisotopic (exact) mass is 261 g/mol. The van der Waals surface area contributed by atoms with Gasteiger partial charge in [0.25, 0.3) is 0 Å². The zero-order chi connectivity index (χ0) is 14.0. The fourth-order valence-corrected chi connectivity index (χ4v) is 2.68. The van der Waals surface area contributed by atoms with Gasteiger partial charge in [0, 0.05) is 18.6 Å². The molecule has 1 fully saturated rings. The molecule has 1 aromatic carbocycles. The first-order chi connectivity index (χ1) is 9.01. The second-order valence-corrected chi connectivity index (χ2v) is 5.55. The molecule has 3 unspecified atom stereocenters. The van der Waals surface area contributed by atoms with Crippen LogP contribution in [0.1, 0.15) is 25.8 Å². The highest BCUT2D eigenvalue weighted by atomic mass is 19.1. The van der Waals surface area contributed by atoms with Crippen molar-refractivity contribution >= 4 is 5.69 Å². The Hall–Kier alpha value is -1.60. The van der Waals surface area contributed by atoms with E-state index in [4.69, 9.17) is 5.26 Å². The van der Waals surface area contributed by atoms with Gasteiger partial charge in [-0.05, 0) is 44.5 Å². The first-order valence-corrected chi connectivity index (χ1v) is 6.67. The summed E-state index contributed by atoms with van der Waals surface area (Å²) >= 11 is 0. The van der Waals surface area contributed by atoms with Crippen molar-refractivity contribution < 1.29 is 4.39 Å². The highest BCUT2D eigenvalue weighted by molar-refractivity contribution is 5.58. The fraction of sp³-hybridized carbons (Fsp3) is 0.533. The Kier molecular flexibility index (Phi) is 4.06. The average Bonchev–Trinajstić information content (AvgIpc) is 2.37. The van der Waals surface area contributed by atoms with E-state index < -0.39 is 0 Å². The van der Waals surface area contributed by atoms with E-state index in [1.807, 2.05) is 6.07 Å². The number of anilines is 1. The highest BCUT2D eigenvalue weighted by Crippen LogP contribution is 2.26. The van der Waals surface area contributed by atoms with Gasteiger partial charge in [0.1, 0.15) is 11.9 Å². The van der Waals surface area contributed by atoms with Crippen molar-refractivity contribution in [2.24, 2.45) is 5.92 Å². The van der Waals surface area contributed by atoms with Crippen LogP contribution in [0.3, 0.4) is 0 Å². The second-order valence-electron chi connectivity index (χ2n) is 5.55. The number of nitrogens with one attached hydrogen (secondary N) is 1. The lowest BCUT2D eigenvalue weighted by atomic mass is 9.89. The van der Waals surface area contributed by atoms with Gasteiger partial charge in [0.15, 0.2) is 0 Å². The van der Waals surface area contributed by atoms with Gasteiger partial charge in [0.2, 0.25) is 0 Å². The van der Waals surface area contributed by atoms with Gasteiger partial charge < -0.3 is 10.2 Å². The molecule has 1 aliphatic heterocycles. The largest absolute Gasteiger partial charge is 0.381 e. The van der Waals surface area contributed by atoms with Crippen molar-refractivity contribution in [2.75, 3.05) is 18.9 Å². The van der Waals surface area contributed by atoms with Crippen molar-refractivity contribution in [2.45, 2.75) is 32.4 Å². The summed E-state index contributed by atoms with van der Waals surface area (Å²) in [5.74, 6) is 0.129. The van der Waals surface area contributed by atoms with E-state index in [2.05, 4.69) is 31.1 Å². The van der Waals surface area contributed by atoms with E-state index in [1.54, 1.807) is 6.07 Å². The zero-order valence-corrected chi connectivity index (χ0v) is 11.7. The van der Waals surface area contributed by atoms with Gasteiger partial charge in [-0.3, -0.25) is 0 Å². The summed E-state index contributed by atoms with van der Waals surface area (Å²) in [7, 11) is 2.13. The van der Waals surface area contributed by atoms with Gasteiger partial charge in [-0.2, -0.15) is 5.26 Å². The number of hydrogen-bond donors (Lipinski definition) is 1. The van der Waals surface area contributed by atoms with E-state index in [0.29, 0.717) is 23.6 Å². The first-order valence-electron chi connectivity index (χ1n) is 6.67. The molecule has 0 bridgehead atoms. The van der Waals surface area contributed by atoms with Crippen LogP contribution in [0.2, 0.25) is 0 Å². The van der Waals surface area contributed by atoms with Crippen LogP contribution in [-0.2, 0) is 0 Å². The van der Waals surface area contributed by atoms with Crippen molar-refractivity contribution in [3.8, 4) is 6.07 Å². The molecule has 0 saturated carbocycles. The van der Waals surface area contributed by atoms with Crippen LogP contribution in [0.15, 0.2) is 18.2 Å². The Morgan fingerprint density at radius 3 is 2.84 bits per heavy atom. The number of rotatable bonds is 2. The molecule has 3 atom stereocenters. The molecular weight excluding hydrogens is 241 g/mol. The average molecular weight is 261 g/mol. The summed E-state index contributed by atoms with van der Waals surface area (Å²) in [4.78, 5) is 2.35. The molecule has 1 aromatic rings. The standard InChI is InChI=1S/C15H20FN3/c1-10-9-19(3)11(2)6-15(10)18-14-5-4-13(16)7-12(14)8-17/h4-5,7,10-11,15,18H,6,9H2,1-3H3. The Balaban J connectivity index is 2.15. The minimum absolute atomic E-state index is 0.323. The van der Waals surface area contributed by atoms with Crippen LogP contribution in [0, 0.1) is 23.1 Å². The smallest absolute Gasteiger partial charge is 0.124 e. The third kappa shape index (κ3) is 3.05. The molecule has 0 aromatic heterocycles. The minimum Gasteiger partial charge on any atom is -0.381 e. The lowest BCUT2D eigenvalue weighted by Gasteiger charge is -2.40. The Morgan fingerprint density at radius 2 is 2.16 bits per heavy atom. The van der Waals surface area contributed by atoms with Crippen LogP contribution in [-0.4, -0.2) is 30.6 Å². The summed E-state index contributed by atoms with van der Waals surface area (Å²) in [6.07, 6.45) is 1.03. The number of nitrogens with zero attached hydrogens (tertiary/aromatic N) is 2. The quantitative estimate of drug-likeness (QED) is 0.889. The zero-order valence-electron chi connectivity index (χ0n) is 11.7.